The predicted molar refractivity (Wildman–Crippen MR) is 103 cm³/mol. The van der Waals surface area contributed by atoms with E-state index in [1.54, 1.807) is 0 Å². The maximum atomic E-state index is 13.2. The number of hydrogen-bond acceptors (Lipinski definition) is 2. The van der Waals surface area contributed by atoms with Crippen LogP contribution in [0, 0.1) is 13.8 Å². The summed E-state index contributed by atoms with van der Waals surface area (Å²) in [4.78, 5) is 1.67. The molecule has 0 aliphatic heterocycles. The van der Waals surface area contributed by atoms with E-state index in [-0.39, 0.29) is 0 Å². The van der Waals surface area contributed by atoms with Gasteiger partial charge in [0.1, 0.15) is 11.3 Å². The molecule has 1 aliphatic carbocycles. The summed E-state index contributed by atoms with van der Waals surface area (Å²) in [6, 6.07) is 14.4. The first-order valence-electron chi connectivity index (χ1n) is 9.15. The Bertz CT molecular complexity index is 932. The summed E-state index contributed by atoms with van der Waals surface area (Å²) in [5.41, 5.74) is 3.34. The molecule has 25 heavy (non-hydrogen) atoms. The van der Waals surface area contributed by atoms with E-state index in [4.69, 9.17) is 4.42 Å². The fourth-order valence-electron chi connectivity index (χ4n) is 3.98. The molecule has 2 aromatic carbocycles. The van der Waals surface area contributed by atoms with Crippen LogP contribution in [0.1, 0.15) is 54.9 Å². The average Bonchev–Trinajstić information content (AvgIpc) is 2.96. The first-order chi connectivity index (χ1) is 12.1. The summed E-state index contributed by atoms with van der Waals surface area (Å²) in [6.07, 6.45) is 6.51. The third kappa shape index (κ3) is 3.18. The molecular weight excluding hydrogens is 328 g/mol. The van der Waals surface area contributed by atoms with Crippen molar-refractivity contribution in [2.75, 3.05) is 0 Å². The van der Waals surface area contributed by atoms with E-state index in [0.29, 0.717) is 5.92 Å². The fraction of sp³-hybridized carbons (Fsp3) is 0.364. The highest BCUT2D eigenvalue weighted by molar-refractivity contribution is 7.85. The highest BCUT2D eigenvalue weighted by Crippen LogP contribution is 2.37. The minimum Gasteiger partial charge on any atom is -0.460 e. The zero-order chi connectivity index (χ0) is 17.4. The minimum absolute atomic E-state index is 0.633. The average molecular weight is 352 g/mol. The van der Waals surface area contributed by atoms with E-state index in [1.807, 2.05) is 38.1 Å². The standard InChI is InChI=1S/C22H24O2S/c1-15-7-6-10-19(13-15)25(23)22-16(2)24-21-12-11-18(14-20(21)22)17-8-4-3-5-9-17/h6-7,10-14,17H,3-5,8-9H2,1-2H3/t25-/m0/s1. The van der Waals surface area contributed by atoms with Gasteiger partial charge in [0.25, 0.3) is 0 Å². The van der Waals surface area contributed by atoms with Crippen LogP contribution in [0.5, 0.6) is 0 Å². The second-order valence-electron chi connectivity index (χ2n) is 7.16. The van der Waals surface area contributed by atoms with E-state index in [2.05, 4.69) is 18.2 Å². The quantitative estimate of drug-likeness (QED) is 0.556. The predicted octanol–water partition coefficient (Wildman–Crippen LogP) is 6.26. The van der Waals surface area contributed by atoms with Crippen LogP contribution in [0.2, 0.25) is 0 Å². The van der Waals surface area contributed by atoms with Gasteiger partial charge in [0.15, 0.2) is 0 Å². The third-order valence-electron chi connectivity index (χ3n) is 5.30. The van der Waals surface area contributed by atoms with Gasteiger partial charge < -0.3 is 4.42 Å². The van der Waals surface area contributed by atoms with Gasteiger partial charge in [0.05, 0.1) is 15.7 Å². The molecule has 130 valence electrons. The van der Waals surface area contributed by atoms with Crippen LogP contribution in [0.25, 0.3) is 11.0 Å². The number of aryl methyl sites for hydroxylation is 2. The monoisotopic (exact) mass is 352 g/mol. The molecule has 0 saturated heterocycles. The molecule has 0 N–H and O–H groups in total. The van der Waals surface area contributed by atoms with Crippen LogP contribution in [0.3, 0.4) is 0 Å². The molecule has 1 aromatic heterocycles. The topological polar surface area (TPSA) is 30.2 Å². The van der Waals surface area contributed by atoms with Gasteiger partial charge in [-0.25, -0.2) is 4.21 Å². The van der Waals surface area contributed by atoms with Gasteiger partial charge in [0, 0.05) is 10.3 Å². The zero-order valence-corrected chi connectivity index (χ0v) is 15.7. The SMILES string of the molecule is Cc1cccc([S@](=O)c2c(C)oc3ccc(C4CCCCC4)cc23)c1. The highest BCUT2D eigenvalue weighted by Gasteiger charge is 2.21. The van der Waals surface area contributed by atoms with Crippen molar-refractivity contribution in [3.63, 3.8) is 0 Å². The Morgan fingerprint density at radius 3 is 2.56 bits per heavy atom. The zero-order valence-electron chi connectivity index (χ0n) is 14.9. The van der Waals surface area contributed by atoms with Crippen LogP contribution < -0.4 is 0 Å². The first-order valence-corrected chi connectivity index (χ1v) is 10.3. The van der Waals surface area contributed by atoms with Crippen molar-refractivity contribution in [1.29, 1.82) is 0 Å². The van der Waals surface area contributed by atoms with Crippen molar-refractivity contribution in [3.05, 3.63) is 59.4 Å². The molecule has 1 fully saturated rings. The van der Waals surface area contributed by atoms with Gasteiger partial charge in [-0.2, -0.15) is 0 Å². The van der Waals surface area contributed by atoms with Gasteiger partial charge in [-0.1, -0.05) is 37.5 Å². The molecule has 2 nitrogen and oxygen atoms in total. The smallest absolute Gasteiger partial charge is 0.135 e. The van der Waals surface area contributed by atoms with Crippen LogP contribution in [0.4, 0.5) is 0 Å². The van der Waals surface area contributed by atoms with Gasteiger partial charge >= 0.3 is 0 Å². The normalized spacial score (nSPS) is 17.0. The summed E-state index contributed by atoms with van der Waals surface area (Å²) < 4.78 is 19.2. The second kappa shape index (κ2) is 6.80. The molecule has 4 rings (SSSR count). The summed E-state index contributed by atoms with van der Waals surface area (Å²) in [7, 11) is -1.22. The number of furan rings is 1. The van der Waals surface area contributed by atoms with Crippen LogP contribution >= 0.6 is 0 Å². The summed E-state index contributed by atoms with van der Waals surface area (Å²) in [5.74, 6) is 1.39. The Kier molecular flexibility index (Phi) is 4.51. The third-order valence-corrected chi connectivity index (χ3v) is 6.86. The molecule has 1 saturated carbocycles. The van der Waals surface area contributed by atoms with Crippen molar-refractivity contribution in [2.24, 2.45) is 0 Å². The number of hydrogen-bond donors (Lipinski definition) is 0. The number of rotatable bonds is 3. The lowest BCUT2D eigenvalue weighted by molar-refractivity contribution is 0.444. The maximum Gasteiger partial charge on any atom is 0.135 e. The van der Waals surface area contributed by atoms with E-state index in [1.165, 1.54) is 37.7 Å². The fourth-order valence-corrected chi connectivity index (χ4v) is 5.38. The van der Waals surface area contributed by atoms with E-state index in [0.717, 1.165) is 32.1 Å². The molecule has 3 heteroatoms. The molecule has 1 aliphatic rings. The summed E-state index contributed by atoms with van der Waals surface area (Å²) >= 11 is 0. The van der Waals surface area contributed by atoms with Crippen LogP contribution in [-0.2, 0) is 10.8 Å². The highest BCUT2D eigenvalue weighted by atomic mass is 32.2. The molecule has 0 unspecified atom stereocenters. The Morgan fingerprint density at radius 2 is 1.80 bits per heavy atom. The van der Waals surface area contributed by atoms with Gasteiger partial charge in [-0.05, 0) is 68.0 Å². The number of benzene rings is 2. The van der Waals surface area contributed by atoms with Gasteiger partial charge in [-0.15, -0.1) is 0 Å². The van der Waals surface area contributed by atoms with Crippen molar-refractivity contribution < 1.29 is 8.63 Å². The molecule has 0 bridgehead atoms. The van der Waals surface area contributed by atoms with E-state index >= 15 is 0 Å². The van der Waals surface area contributed by atoms with E-state index < -0.39 is 10.8 Å². The Morgan fingerprint density at radius 1 is 1.00 bits per heavy atom. The van der Waals surface area contributed by atoms with Crippen LogP contribution in [0.15, 0.2) is 56.7 Å². The van der Waals surface area contributed by atoms with Crippen LogP contribution in [-0.4, -0.2) is 4.21 Å². The Balaban J connectivity index is 1.79. The van der Waals surface area contributed by atoms with Crippen molar-refractivity contribution in [1.82, 2.24) is 0 Å². The molecule has 1 atom stereocenters. The molecule has 0 spiro atoms. The lowest BCUT2D eigenvalue weighted by Crippen LogP contribution is -2.04. The molecule has 0 radical (unpaired) electrons. The molecule has 3 aromatic rings. The molecule has 1 heterocycles. The Labute approximate surface area is 151 Å². The summed E-state index contributed by atoms with van der Waals surface area (Å²) in [5, 5.41) is 1.01. The van der Waals surface area contributed by atoms with Crippen molar-refractivity contribution >= 4 is 21.8 Å². The largest absolute Gasteiger partial charge is 0.460 e. The van der Waals surface area contributed by atoms with Crippen molar-refractivity contribution in [3.8, 4) is 0 Å². The Hall–Kier alpha value is -1.87. The lowest BCUT2D eigenvalue weighted by atomic mass is 9.84. The van der Waals surface area contributed by atoms with Gasteiger partial charge in [-0.3, -0.25) is 0 Å². The maximum absolute atomic E-state index is 13.2. The first kappa shape index (κ1) is 16.6. The van der Waals surface area contributed by atoms with E-state index in [9.17, 15) is 4.21 Å². The van der Waals surface area contributed by atoms with Gasteiger partial charge in [0.2, 0.25) is 0 Å². The number of fused-ring (bicyclic) bond motifs is 1. The minimum atomic E-state index is -1.22. The molecule has 0 amide bonds. The summed E-state index contributed by atoms with van der Waals surface area (Å²) in [6.45, 7) is 3.95. The second-order valence-corrected chi connectivity index (χ2v) is 8.58. The molecular formula is C22H24O2S. The lowest BCUT2D eigenvalue weighted by Gasteiger charge is -2.21. The van der Waals surface area contributed by atoms with Crippen molar-refractivity contribution in [2.45, 2.75) is 61.7 Å².